The standard InChI is InChI=1S/C20H20ClN5O2/c1-12-9-17(28-25-12)16-11-22-13(2)24-19(16)14-5-7-26(8-6-14)20(27)15-3-4-18(21)23-10-15/h3-4,9-11,14H,5-8H2,1-2H3. The molecular weight excluding hydrogens is 378 g/mol. The minimum atomic E-state index is -0.0208. The van der Waals surface area contributed by atoms with E-state index >= 15 is 0 Å². The van der Waals surface area contributed by atoms with Crippen LogP contribution in [0.2, 0.25) is 5.15 Å². The lowest BCUT2D eigenvalue weighted by atomic mass is 9.90. The second kappa shape index (κ2) is 7.67. The predicted molar refractivity (Wildman–Crippen MR) is 104 cm³/mol. The van der Waals surface area contributed by atoms with Crippen molar-refractivity contribution in [2.75, 3.05) is 13.1 Å². The summed E-state index contributed by atoms with van der Waals surface area (Å²) in [6.07, 6.45) is 4.97. The van der Waals surface area contributed by atoms with Crippen LogP contribution >= 0.6 is 11.6 Å². The molecule has 0 N–H and O–H groups in total. The number of pyridine rings is 1. The van der Waals surface area contributed by atoms with Crippen LogP contribution in [0, 0.1) is 13.8 Å². The van der Waals surface area contributed by atoms with Crippen LogP contribution in [0.1, 0.15) is 46.3 Å². The lowest BCUT2D eigenvalue weighted by Crippen LogP contribution is -2.38. The molecule has 0 bridgehead atoms. The van der Waals surface area contributed by atoms with Gasteiger partial charge in [-0.2, -0.15) is 0 Å². The highest BCUT2D eigenvalue weighted by Gasteiger charge is 2.28. The van der Waals surface area contributed by atoms with Crippen LogP contribution in [0.3, 0.4) is 0 Å². The average Bonchev–Trinajstić information content (AvgIpc) is 3.14. The summed E-state index contributed by atoms with van der Waals surface area (Å²) >= 11 is 5.81. The molecule has 1 aliphatic rings. The molecule has 144 valence electrons. The smallest absolute Gasteiger partial charge is 0.255 e. The number of piperidine rings is 1. The topological polar surface area (TPSA) is 85.0 Å². The molecule has 0 radical (unpaired) electrons. The maximum atomic E-state index is 12.7. The molecule has 7 nitrogen and oxygen atoms in total. The molecule has 8 heteroatoms. The zero-order valence-corrected chi connectivity index (χ0v) is 16.5. The van der Waals surface area contributed by atoms with Crippen molar-refractivity contribution < 1.29 is 9.32 Å². The summed E-state index contributed by atoms with van der Waals surface area (Å²) in [4.78, 5) is 27.6. The second-order valence-electron chi connectivity index (χ2n) is 6.98. The van der Waals surface area contributed by atoms with E-state index < -0.39 is 0 Å². The van der Waals surface area contributed by atoms with E-state index in [1.165, 1.54) is 6.20 Å². The first-order valence-electron chi connectivity index (χ1n) is 9.19. The van der Waals surface area contributed by atoms with Gasteiger partial charge in [0.2, 0.25) is 0 Å². The van der Waals surface area contributed by atoms with E-state index in [0.717, 1.165) is 35.6 Å². The van der Waals surface area contributed by atoms with Crippen LogP contribution in [-0.4, -0.2) is 44.0 Å². The van der Waals surface area contributed by atoms with Crippen molar-refractivity contribution in [1.29, 1.82) is 0 Å². The van der Waals surface area contributed by atoms with Crippen molar-refractivity contribution in [3.8, 4) is 11.3 Å². The Morgan fingerprint density at radius 1 is 1.18 bits per heavy atom. The Morgan fingerprint density at radius 2 is 1.96 bits per heavy atom. The van der Waals surface area contributed by atoms with Gasteiger partial charge < -0.3 is 9.42 Å². The van der Waals surface area contributed by atoms with Crippen molar-refractivity contribution in [2.24, 2.45) is 0 Å². The molecule has 1 aliphatic heterocycles. The van der Waals surface area contributed by atoms with Crippen molar-refractivity contribution in [2.45, 2.75) is 32.6 Å². The van der Waals surface area contributed by atoms with E-state index in [0.29, 0.717) is 29.6 Å². The van der Waals surface area contributed by atoms with Crippen LogP contribution in [0.4, 0.5) is 0 Å². The van der Waals surface area contributed by atoms with E-state index in [9.17, 15) is 4.79 Å². The molecule has 1 amide bonds. The van der Waals surface area contributed by atoms with Crippen molar-refractivity contribution >= 4 is 17.5 Å². The molecule has 4 rings (SSSR count). The summed E-state index contributed by atoms with van der Waals surface area (Å²) in [5.74, 6) is 1.61. The molecule has 3 aromatic heterocycles. The molecule has 4 heterocycles. The first-order valence-corrected chi connectivity index (χ1v) is 9.57. The number of amides is 1. The fourth-order valence-electron chi connectivity index (χ4n) is 3.52. The molecule has 0 aliphatic carbocycles. The lowest BCUT2D eigenvalue weighted by molar-refractivity contribution is 0.0711. The highest BCUT2D eigenvalue weighted by Crippen LogP contribution is 2.34. The van der Waals surface area contributed by atoms with Crippen LogP contribution in [-0.2, 0) is 0 Å². The van der Waals surface area contributed by atoms with Gasteiger partial charge in [0.05, 0.1) is 22.5 Å². The second-order valence-corrected chi connectivity index (χ2v) is 7.37. The molecule has 1 saturated heterocycles. The molecule has 0 aromatic carbocycles. The minimum absolute atomic E-state index is 0.0208. The first kappa shape index (κ1) is 18.6. The predicted octanol–water partition coefficient (Wildman–Crippen LogP) is 3.82. The zero-order valence-electron chi connectivity index (χ0n) is 15.7. The number of aryl methyl sites for hydroxylation is 2. The normalized spacial score (nSPS) is 15.0. The molecule has 0 spiro atoms. The summed E-state index contributed by atoms with van der Waals surface area (Å²) in [5, 5.41) is 4.36. The fraction of sp³-hybridized carbons (Fsp3) is 0.350. The van der Waals surface area contributed by atoms with Gasteiger partial charge in [0, 0.05) is 37.5 Å². The third-order valence-electron chi connectivity index (χ3n) is 4.98. The number of nitrogens with zero attached hydrogens (tertiary/aromatic N) is 5. The molecule has 0 unspecified atom stereocenters. The first-order chi connectivity index (χ1) is 13.5. The van der Waals surface area contributed by atoms with E-state index in [2.05, 4.69) is 15.1 Å². The summed E-state index contributed by atoms with van der Waals surface area (Å²) < 4.78 is 5.44. The van der Waals surface area contributed by atoms with Gasteiger partial charge in [-0.15, -0.1) is 0 Å². The fourth-order valence-corrected chi connectivity index (χ4v) is 3.63. The van der Waals surface area contributed by atoms with Crippen LogP contribution in [0.15, 0.2) is 35.1 Å². The summed E-state index contributed by atoms with van der Waals surface area (Å²) in [6.45, 7) is 5.08. The van der Waals surface area contributed by atoms with Gasteiger partial charge in [-0.3, -0.25) is 4.79 Å². The van der Waals surface area contributed by atoms with Crippen molar-refractivity contribution in [3.63, 3.8) is 0 Å². The van der Waals surface area contributed by atoms with Crippen molar-refractivity contribution in [3.05, 3.63) is 58.5 Å². The molecule has 28 heavy (non-hydrogen) atoms. The Kier molecular flexibility index (Phi) is 5.09. The van der Waals surface area contributed by atoms with Gasteiger partial charge >= 0.3 is 0 Å². The Hall–Kier alpha value is -2.80. The molecule has 0 saturated carbocycles. The Bertz CT molecular complexity index is 994. The molecule has 1 fully saturated rings. The molecule has 0 atom stereocenters. The number of halogens is 1. The van der Waals surface area contributed by atoms with Crippen LogP contribution in [0.25, 0.3) is 11.3 Å². The van der Waals surface area contributed by atoms with E-state index in [-0.39, 0.29) is 11.8 Å². The maximum Gasteiger partial charge on any atom is 0.255 e. The van der Waals surface area contributed by atoms with Crippen LogP contribution < -0.4 is 0 Å². The Labute approximate surface area is 167 Å². The minimum Gasteiger partial charge on any atom is -0.356 e. The number of hydrogen-bond acceptors (Lipinski definition) is 6. The van der Waals surface area contributed by atoms with Gasteiger partial charge in [0.25, 0.3) is 5.91 Å². The van der Waals surface area contributed by atoms with E-state index in [4.69, 9.17) is 21.1 Å². The third-order valence-corrected chi connectivity index (χ3v) is 5.20. The highest BCUT2D eigenvalue weighted by molar-refractivity contribution is 6.29. The molecular formula is C20H20ClN5O2. The van der Waals surface area contributed by atoms with E-state index in [1.54, 1.807) is 18.3 Å². The summed E-state index contributed by atoms with van der Waals surface area (Å²) in [7, 11) is 0. The number of carbonyl (C=O) groups is 1. The summed E-state index contributed by atoms with van der Waals surface area (Å²) in [6, 6.07) is 5.24. The van der Waals surface area contributed by atoms with E-state index in [1.807, 2.05) is 24.8 Å². The zero-order chi connectivity index (χ0) is 19.7. The van der Waals surface area contributed by atoms with Gasteiger partial charge in [-0.05, 0) is 38.8 Å². The van der Waals surface area contributed by atoms with Gasteiger partial charge in [0.15, 0.2) is 5.76 Å². The quantitative estimate of drug-likeness (QED) is 0.624. The number of hydrogen-bond donors (Lipinski definition) is 0. The monoisotopic (exact) mass is 397 g/mol. The number of likely N-dealkylation sites (tertiary alicyclic amines) is 1. The Balaban J connectivity index is 1.52. The van der Waals surface area contributed by atoms with Gasteiger partial charge in [0.1, 0.15) is 11.0 Å². The van der Waals surface area contributed by atoms with Gasteiger partial charge in [-0.1, -0.05) is 16.8 Å². The molecule has 3 aromatic rings. The Morgan fingerprint density at radius 3 is 2.61 bits per heavy atom. The number of aromatic nitrogens is 4. The maximum absolute atomic E-state index is 12.7. The number of carbonyl (C=O) groups excluding carboxylic acids is 1. The van der Waals surface area contributed by atoms with Crippen molar-refractivity contribution in [1.82, 2.24) is 25.0 Å². The highest BCUT2D eigenvalue weighted by atomic mass is 35.5. The average molecular weight is 398 g/mol. The SMILES string of the molecule is Cc1cc(-c2cnc(C)nc2C2CCN(C(=O)c3ccc(Cl)nc3)CC2)on1. The number of rotatable bonds is 3. The third kappa shape index (κ3) is 3.75. The van der Waals surface area contributed by atoms with Crippen LogP contribution in [0.5, 0.6) is 0 Å². The van der Waals surface area contributed by atoms with Gasteiger partial charge in [-0.25, -0.2) is 15.0 Å². The largest absolute Gasteiger partial charge is 0.356 e. The lowest BCUT2D eigenvalue weighted by Gasteiger charge is -2.32. The summed E-state index contributed by atoms with van der Waals surface area (Å²) in [5.41, 5.74) is 3.21.